The molecule has 2 nitrogen and oxygen atoms in total. The van der Waals surface area contributed by atoms with Gasteiger partial charge in [-0.15, -0.1) is 0 Å². The Balaban J connectivity index is 1.88. The quantitative estimate of drug-likeness (QED) is 0.891. The standard InChI is InChI=1S/C17H27NO/c1-17(2,3)15-8-4-5-9-16(15)19-12-10-14-7-6-11-18-13-14/h4-5,8-9,14,18H,6-7,10-13H2,1-3H3/t14-/m1/s1. The lowest BCUT2D eigenvalue weighted by Crippen LogP contribution is -2.30. The average Bonchev–Trinajstić information content (AvgIpc) is 2.39. The molecule has 0 saturated carbocycles. The van der Waals surface area contributed by atoms with Crippen LogP contribution in [0.25, 0.3) is 0 Å². The Hall–Kier alpha value is -1.02. The zero-order valence-electron chi connectivity index (χ0n) is 12.5. The lowest BCUT2D eigenvalue weighted by molar-refractivity contribution is 0.250. The van der Waals surface area contributed by atoms with E-state index in [-0.39, 0.29) is 5.41 Å². The van der Waals surface area contributed by atoms with E-state index in [0.717, 1.165) is 31.2 Å². The number of rotatable bonds is 4. The van der Waals surface area contributed by atoms with E-state index in [9.17, 15) is 0 Å². The summed E-state index contributed by atoms with van der Waals surface area (Å²) < 4.78 is 6.04. The third-order valence-electron chi connectivity index (χ3n) is 3.88. The minimum atomic E-state index is 0.142. The predicted molar refractivity (Wildman–Crippen MR) is 80.8 cm³/mol. The molecule has 0 aliphatic carbocycles. The fourth-order valence-electron chi connectivity index (χ4n) is 2.72. The van der Waals surface area contributed by atoms with Crippen molar-refractivity contribution >= 4 is 0 Å². The number of hydrogen-bond donors (Lipinski definition) is 1. The fourth-order valence-corrected chi connectivity index (χ4v) is 2.72. The van der Waals surface area contributed by atoms with E-state index in [4.69, 9.17) is 4.74 Å². The van der Waals surface area contributed by atoms with Crippen LogP contribution < -0.4 is 10.1 Å². The number of nitrogens with one attached hydrogen (secondary N) is 1. The number of hydrogen-bond acceptors (Lipinski definition) is 2. The molecule has 1 N–H and O–H groups in total. The summed E-state index contributed by atoms with van der Waals surface area (Å²) in [5.41, 5.74) is 1.44. The van der Waals surface area contributed by atoms with Crippen LogP contribution in [0.15, 0.2) is 24.3 Å². The van der Waals surface area contributed by atoms with Crippen molar-refractivity contribution in [1.29, 1.82) is 0 Å². The van der Waals surface area contributed by atoms with E-state index < -0.39 is 0 Å². The highest BCUT2D eigenvalue weighted by atomic mass is 16.5. The number of para-hydroxylation sites is 1. The molecule has 1 aliphatic heterocycles. The monoisotopic (exact) mass is 261 g/mol. The summed E-state index contributed by atoms with van der Waals surface area (Å²) in [6.07, 6.45) is 3.81. The topological polar surface area (TPSA) is 21.3 Å². The zero-order chi connectivity index (χ0) is 13.7. The van der Waals surface area contributed by atoms with Crippen molar-refractivity contribution in [2.45, 2.75) is 45.4 Å². The zero-order valence-corrected chi connectivity index (χ0v) is 12.5. The first-order chi connectivity index (χ1) is 9.07. The summed E-state index contributed by atoms with van der Waals surface area (Å²) in [6.45, 7) is 9.88. The lowest BCUT2D eigenvalue weighted by atomic mass is 9.86. The molecule has 0 radical (unpaired) electrons. The predicted octanol–water partition coefficient (Wildman–Crippen LogP) is 3.75. The first-order valence-corrected chi connectivity index (χ1v) is 7.50. The molecule has 0 aromatic heterocycles. The van der Waals surface area contributed by atoms with Crippen molar-refractivity contribution in [2.24, 2.45) is 5.92 Å². The number of piperidine rings is 1. The van der Waals surface area contributed by atoms with Gasteiger partial charge in [0.15, 0.2) is 0 Å². The second kappa shape index (κ2) is 6.42. The van der Waals surface area contributed by atoms with Crippen molar-refractivity contribution in [3.63, 3.8) is 0 Å². The molecular formula is C17H27NO. The largest absolute Gasteiger partial charge is 0.493 e. The number of benzene rings is 1. The van der Waals surface area contributed by atoms with E-state index in [1.165, 1.54) is 24.9 Å². The van der Waals surface area contributed by atoms with E-state index in [1.54, 1.807) is 0 Å². The Morgan fingerprint density at radius 1 is 1.26 bits per heavy atom. The molecule has 1 aromatic rings. The Morgan fingerprint density at radius 2 is 2.05 bits per heavy atom. The molecule has 0 amide bonds. The first-order valence-electron chi connectivity index (χ1n) is 7.50. The third-order valence-corrected chi connectivity index (χ3v) is 3.88. The highest BCUT2D eigenvalue weighted by Crippen LogP contribution is 2.31. The molecule has 1 saturated heterocycles. The van der Waals surface area contributed by atoms with Crippen LogP contribution in [-0.4, -0.2) is 19.7 Å². The summed E-state index contributed by atoms with van der Waals surface area (Å²) >= 11 is 0. The minimum Gasteiger partial charge on any atom is -0.493 e. The minimum absolute atomic E-state index is 0.142. The highest BCUT2D eigenvalue weighted by molar-refractivity contribution is 5.38. The number of ether oxygens (including phenoxy) is 1. The van der Waals surface area contributed by atoms with Crippen LogP contribution in [-0.2, 0) is 5.41 Å². The Labute approximate surface area is 117 Å². The van der Waals surface area contributed by atoms with Gasteiger partial charge >= 0.3 is 0 Å². The summed E-state index contributed by atoms with van der Waals surface area (Å²) in [5, 5.41) is 3.46. The molecule has 2 rings (SSSR count). The molecular weight excluding hydrogens is 234 g/mol. The molecule has 106 valence electrons. The summed E-state index contributed by atoms with van der Waals surface area (Å²) in [4.78, 5) is 0. The van der Waals surface area contributed by atoms with Gasteiger partial charge in [-0.3, -0.25) is 0 Å². The van der Waals surface area contributed by atoms with Gasteiger partial charge in [0.2, 0.25) is 0 Å². The van der Waals surface area contributed by atoms with Gasteiger partial charge in [-0.1, -0.05) is 39.0 Å². The van der Waals surface area contributed by atoms with Gasteiger partial charge in [0.1, 0.15) is 5.75 Å². The summed E-state index contributed by atoms with van der Waals surface area (Å²) in [6, 6.07) is 8.43. The second-order valence-corrected chi connectivity index (χ2v) is 6.60. The molecule has 19 heavy (non-hydrogen) atoms. The van der Waals surface area contributed by atoms with Gasteiger partial charge in [0, 0.05) is 0 Å². The molecule has 1 aliphatic rings. The average molecular weight is 261 g/mol. The van der Waals surface area contributed by atoms with Gasteiger partial charge < -0.3 is 10.1 Å². The van der Waals surface area contributed by atoms with Crippen LogP contribution in [0.1, 0.15) is 45.6 Å². The highest BCUT2D eigenvalue weighted by Gasteiger charge is 2.19. The van der Waals surface area contributed by atoms with E-state index in [1.807, 2.05) is 0 Å². The van der Waals surface area contributed by atoms with Crippen LogP contribution in [0.2, 0.25) is 0 Å². The van der Waals surface area contributed by atoms with Crippen molar-refractivity contribution in [2.75, 3.05) is 19.7 Å². The van der Waals surface area contributed by atoms with Crippen molar-refractivity contribution in [3.8, 4) is 5.75 Å². The molecule has 1 fully saturated rings. The normalized spacial score (nSPS) is 20.3. The van der Waals surface area contributed by atoms with Gasteiger partial charge in [0.05, 0.1) is 6.61 Å². The maximum Gasteiger partial charge on any atom is 0.123 e. The van der Waals surface area contributed by atoms with Crippen molar-refractivity contribution < 1.29 is 4.74 Å². The van der Waals surface area contributed by atoms with Crippen LogP contribution in [0.4, 0.5) is 0 Å². The van der Waals surface area contributed by atoms with Crippen LogP contribution >= 0.6 is 0 Å². The maximum atomic E-state index is 6.04. The third kappa shape index (κ3) is 4.24. The Kier molecular flexibility index (Phi) is 4.87. The molecule has 1 aromatic carbocycles. The molecule has 0 bridgehead atoms. The molecule has 0 spiro atoms. The SMILES string of the molecule is CC(C)(C)c1ccccc1OCC[C@H]1CCCNC1. The molecule has 2 heteroatoms. The molecule has 1 atom stereocenters. The second-order valence-electron chi connectivity index (χ2n) is 6.60. The van der Waals surface area contributed by atoms with E-state index in [2.05, 4.69) is 50.4 Å². The van der Waals surface area contributed by atoms with Crippen LogP contribution in [0.3, 0.4) is 0 Å². The summed E-state index contributed by atoms with van der Waals surface area (Å²) in [7, 11) is 0. The maximum absolute atomic E-state index is 6.04. The fraction of sp³-hybridized carbons (Fsp3) is 0.647. The van der Waals surface area contributed by atoms with Crippen LogP contribution in [0.5, 0.6) is 5.75 Å². The van der Waals surface area contributed by atoms with Crippen molar-refractivity contribution in [3.05, 3.63) is 29.8 Å². The first kappa shape index (κ1) is 14.4. The Bertz CT molecular complexity index is 388. The Morgan fingerprint density at radius 3 is 2.74 bits per heavy atom. The van der Waals surface area contributed by atoms with Crippen molar-refractivity contribution in [1.82, 2.24) is 5.32 Å². The van der Waals surface area contributed by atoms with Gasteiger partial charge in [-0.25, -0.2) is 0 Å². The molecule has 1 heterocycles. The van der Waals surface area contributed by atoms with Gasteiger partial charge in [-0.05, 0) is 55.3 Å². The van der Waals surface area contributed by atoms with E-state index in [0.29, 0.717) is 0 Å². The van der Waals surface area contributed by atoms with E-state index >= 15 is 0 Å². The molecule has 0 unspecified atom stereocenters. The van der Waals surface area contributed by atoms with Crippen LogP contribution in [0, 0.1) is 5.92 Å². The lowest BCUT2D eigenvalue weighted by Gasteiger charge is -2.25. The smallest absolute Gasteiger partial charge is 0.123 e. The summed E-state index contributed by atoms with van der Waals surface area (Å²) in [5.74, 6) is 1.84. The van der Waals surface area contributed by atoms with Gasteiger partial charge in [0.25, 0.3) is 0 Å². The van der Waals surface area contributed by atoms with Gasteiger partial charge in [-0.2, -0.15) is 0 Å².